The summed E-state index contributed by atoms with van der Waals surface area (Å²) in [5.41, 5.74) is 0. The van der Waals surface area contributed by atoms with Gasteiger partial charge in [-0.2, -0.15) is 0 Å². The van der Waals surface area contributed by atoms with Crippen LogP contribution in [0.2, 0.25) is 0 Å². The summed E-state index contributed by atoms with van der Waals surface area (Å²) in [6.45, 7) is 4.42. The third-order valence-corrected chi connectivity index (χ3v) is 1.76. The van der Waals surface area contributed by atoms with E-state index in [0.29, 0.717) is 13.0 Å². The van der Waals surface area contributed by atoms with Crippen LogP contribution in [0.25, 0.3) is 0 Å². The van der Waals surface area contributed by atoms with E-state index >= 15 is 0 Å². The molecular formula is C7H13NO2. The Hall–Kier alpha value is -0.570. The number of likely N-dealkylation sites (tertiary alicyclic amines) is 1. The van der Waals surface area contributed by atoms with Crippen LogP contribution in [0.3, 0.4) is 0 Å². The van der Waals surface area contributed by atoms with Crippen molar-refractivity contribution in [3.05, 3.63) is 0 Å². The molecule has 0 spiro atoms. The maximum absolute atomic E-state index is 11.0. The lowest BCUT2D eigenvalue weighted by atomic mass is 10.3. The van der Waals surface area contributed by atoms with Gasteiger partial charge in [0, 0.05) is 12.6 Å². The second kappa shape index (κ2) is 2.58. The normalized spacial score (nSPS) is 26.6. The van der Waals surface area contributed by atoms with E-state index in [-0.39, 0.29) is 11.9 Å². The molecule has 3 heteroatoms. The lowest BCUT2D eigenvalue weighted by molar-refractivity contribution is -0.129. The second-order valence-corrected chi connectivity index (χ2v) is 3.00. The van der Waals surface area contributed by atoms with Crippen molar-refractivity contribution < 1.29 is 9.90 Å². The Balaban J connectivity index is 2.55. The van der Waals surface area contributed by atoms with Gasteiger partial charge in [-0.15, -0.1) is 0 Å². The molecule has 0 aliphatic carbocycles. The lowest BCUT2D eigenvalue weighted by Gasteiger charge is -2.19. The van der Waals surface area contributed by atoms with Crippen molar-refractivity contribution in [2.75, 3.05) is 6.54 Å². The fourth-order valence-corrected chi connectivity index (χ4v) is 1.21. The van der Waals surface area contributed by atoms with Crippen LogP contribution in [0.5, 0.6) is 0 Å². The fraction of sp³-hybridized carbons (Fsp3) is 0.857. The van der Waals surface area contributed by atoms with Gasteiger partial charge in [0.1, 0.15) is 0 Å². The first-order valence-corrected chi connectivity index (χ1v) is 3.59. The summed E-state index contributed by atoms with van der Waals surface area (Å²) >= 11 is 0. The largest absolute Gasteiger partial charge is 0.391 e. The van der Waals surface area contributed by atoms with Crippen LogP contribution in [0.4, 0.5) is 0 Å². The minimum Gasteiger partial charge on any atom is -0.391 e. The van der Waals surface area contributed by atoms with Crippen LogP contribution in [0, 0.1) is 0 Å². The number of rotatable bonds is 1. The van der Waals surface area contributed by atoms with Crippen LogP contribution in [-0.4, -0.2) is 34.6 Å². The van der Waals surface area contributed by atoms with E-state index < -0.39 is 6.10 Å². The second-order valence-electron chi connectivity index (χ2n) is 3.00. The fourth-order valence-electron chi connectivity index (χ4n) is 1.21. The maximum Gasteiger partial charge on any atom is 0.225 e. The van der Waals surface area contributed by atoms with E-state index in [4.69, 9.17) is 5.11 Å². The zero-order valence-corrected chi connectivity index (χ0v) is 6.37. The molecule has 1 aliphatic heterocycles. The first-order valence-electron chi connectivity index (χ1n) is 3.59. The Morgan fingerprint density at radius 3 is 2.50 bits per heavy atom. The number of aliphatic hydroxyl groups excluding tert-OH is 1. The zero-order valence-electron chi connectivity index (χ0n) is 6.37. The predicted molar refractivity (Wildman–Crippen MR) is 37.5 cm³/mol. The molecular weight excluding hydrogens is 130 g/mol. The lowest BCUT2D eigenvalue weighted by Crippen LogP contribution is -2.32. The van der Waals surface area contributed by atoms with Crippen molar-refractivity contribution in [1.82, 2.24) is 4.90 Å². The minimum absolute atomic E-state index is 0.0718. The van der Waals surface area contributed by atoms with Gasteiger partial charge in [0.05, 0.1) is 12.5 Å². The highest BCUT2D eigenvalue weighted by molar-refractivity contribution is 5.79. The van der Waals surface area contributed by atoms with Gasteiger partial charge in [0.25, 0.3) is 0 Å². The first-order chi connectivity index (χ1) is 4.61. The molecule has 0 saturated carbocycles. The molecule has 1 atom stereocenters. The monoisotopic (exact) mass is 143 g/mol. The minimum atomic E-state index is -0.435. The summed E-state index contributed by atoms with van der Waals surface area (Å²) in [4.78, 5) is 12.7. The molecule has 1 fully saturated rings. The van der Waals surface area contributed by atoms with Crippen molar-refractivity contribution in [1.29, 1.82) is 0 Å². The summed E-state index contributed by atoms with van der Waals surface area (Å²) in [5.74, 6) is 0.0718. The van der Waals surface area contributed by atoms with Crippen LogP contribution in [-0.2, 0) is 4.79 Å². The third kappa shape index (κ3) is 1.29. The smallest absolute Gasteiger partial charge is 0.225 e. The molecule has 0 bridgehead atoms. The topological polar surface area (TPSA) is 40.5 Å². The first kappa shape index (κ1) is 7.54. The number of aliphatic hydroxyl groups is 1. The van der Waals surface area contributed by atoms with Gasteiger partial charge < -0.3 is 10.0 Å². The van der Waals surface area contributed by atoms with Crippen LogP contribution >= 0.6 is 0 Å². The molecule has 1 N–H and O–H groups in total. The standard InChI is InChI=1S/C7H13NO2/c1-5(2)8-4-6(9)3-7(8)10/h5-6,9H,3-4H2,1-2H3. The van der Waals surface area contributed by atoms with Gasteiger partial charge in [-0.05, 0) is 13.8 Å². The average molecular weight is 143 g/mol. The number of hydrogen-bond acceptors (Lipinski definition) is 2. The van der Waals surface area contributed by atoms with E-state index in [1.807, 2.05) is 13.8 Å². The van der Waals surface area contributed by atoms with E-state index in [2.05, 4.69) is 0 Å². The number of carbonyl (C=O) groups excluding carboxylic acids is 1. The van der Waals surface area contributed by atoms with Gasteiger partial charge in [-0.3, -0.25) is 4.79 Å². The molecule has 1 heterocycles. The molecule has 1 unspecified atom stereocenters. The highest BCUT2D eigenvalue weighted by Crippen LogP contribution is 2.13. The van der Waals surface area contributed by atoms with Gasteiger partial charge in [0.2, 0.25) is 5.91 Å². The molecule has 1 saturated heterocycles. The Morgan fingerprint density at radius 2 is 2.30 bits per heavy atom. The SMILES string of the molecule is CC(C)N1CC(O)CC1=O. The number of β-amino-alcohol motifs (C(OH)–C–C–N with tert-alkyl or cyclic N) is 1. The van der Waals surface area contributed by atoms with Crippen LogP contribution < -0.4 is 0 Å². The molecule has 1 aliphatic rings. The van der Waals surface area contributed by atoms with Crippen molar-refractivity contribution in [2.45, 2.75) is 32.4 Å². The molecule has 3 nitrogen and oxygen atoms in total. The summed E-state index contributed by atoms with van der Waals surface area (Å²) in [6.07, 6.45) is -0.132. The molecule has 0 aromatic rings. The van der Waals surface area contributed by atoms with Crippen LogP contribution in [0.15, 0.2) is 0 Å². The highest BCUT2D eigenvalue weighted by atomic mass is 16.3. The van der Waals surface area contributed by atoms with E-state index in [1.165, 1.54) is 0 Å². The highest BCUT2D eigenvalue weighted by Gasteiger charge is 2.29. The summed E-state index contributed by atoms with van der Waals surface area (Å²) in [5, 5.41) is 9.06. The number of nitrogens with zero attached hydrogens (tertiary/aromatic N) is 1. The van der Waals surface area contributed by atoms with E-state index in [0.717, 1.165) is 0 Å². The zero-order chi connectivity index (χ0) is 7.72. The summed E-state index contributed by atoms with van der Waals surface area (Å²) in [6, 6.07) is 0.227. The summed E-state index contributed by atoms with van der Waals surface area (Å²) in [7, 11) is 0. The number of amides is 1. The summed E-state index contributed by atoms with van der Waals surface area (Å²) < 4.78 is 0. The Bertz CT molecular complexity index is 145. The van der Waals surface area contributed by atoms with E-state index in [9.17, 15) is 4.79 Å². The van der Waals surface area contributed by atoms with Gasteiger partial charge >= 0.3 is 0 Å². The molecule has 0 radical (unpaired) electrons. The molecule has 0 aromatic heterocycles. The Morgan fingerprint density at radius 1 is 1.70 bits per heavy atom. The molecule has 10 heavy (non-hydrogen) atoms. The van der Waals surface area contributed by atoms with Crippen molar-refractivity contribution in [3.63, 3.8) is 0 Å². The van der Waals surface area contributed by atoms with Crippen molar-refractivity contribution in [3.8, 4) is 0 Å². The molecule has 1 rings (SSSR count). The number of hydrogen-bond donors (Lipinski definition) is 1. The molecule has 1 amide bonds. The van der Waals surface area contributed by atoms with Crippen LogP contribution in [0.1, 0.15) is 20.3 Å². The van der Waals surface area contributed by atoms with E-state index in [1.54, 1.807) is 4.90 Å². The Labute approximate surface area is 60.6 Å². The Kier molecular flexibility index (Phi) is 1.94. The maximum atomic E-state index is 11.0. The average Bonchev–Trinajstić information content (AvgIpc) is 2.10. The van der Waals surface area contributed by atoms with Gasteiger partial charge in [-0.25, -0.2) is 0 Å². The quantitative estimate of drug-likeness (QED) is 0.560. The number of carbonyl (C=O) groups is 1. The van der Waals surface area contributed by atoms with Gasteiger partial charge in [0.15, 0.2) is 0 Å². The predicted octanol–water partition coefficient (Wildman–Crippen LogP) is -0.0120. The molecule has 0 aromatic carbocycles. The van der Waals surface area contributed by atoms with Crippen molar-refractivity contribution in [2.24, 2.45) is 0 Å². The third-order valence-electron chi connectivity index (χ3n) is 1.76. The molecule has 58 valence electrons. The van der Waals surface area contributed by atoms with Gasteiger partial charge in [-0.1, -0.05) is 0 Å². The van der Waals surface area contributed by atoms with Crippen molar-refractivity contribution >= 4 is 5.91 Å².